The van der Waals surface area contributed by atoms with Crippen LogP contribution in [0.5, 0.6) is 0 Å². The molecule has 2 aromatic carbocycles. The Bertz CT molecular complexity index is 1160. The van der Waals surface area contributed by atoms with Crippen molar-refractivity contribution in [1.82, 2.24) is 9.78 Å². The summed E-state index contributed by atoms with van der Waals surface area (Å²) in [6, 6.07) is 10.6. The maximum absolute atomic E-state index is 12.3. The van der Waals surface area contributed by atoms with Crippen molar-refractivity contribution in [3.63, 3.8) is 0 Å². The van der Waals surface area contributed by atoms with E-state index in [2.05, 4.69) is 15.6 Å². The van der Waals surface area contributed by atoms with Crippen molar-refractivity contribution >= 4 is 38.9 Å². The predicted octanol–water partition coefficient (Wildman–Crippen LogP) is 2.75. The normalized spacial score (nSPS) is 11.2. The number of amides is 1. The molecule has 0 atom stereocenters. The molecule has 9 nitrogen and oxygen atoms in total. The Labute approximate surface area is 165 Å². The largest absolute Gasteiger partial charge is 0.326 e. The number of hydrogen-bond donors (Lipinski definition) is 2. The number of nitrogens with one attached hydrogen (secondary N) is 1. The number of primary sulfonamides is 1. The summed E-state index contributed by atoms with van der Waals surface area (Å²) in [5.74, 6) is -0.452. The number of sulfonamides is 1. The summed E-state index contributed by atoms with van der Waals surface area (Å²) in [5.41, 5.74) is 1.01. The number of nitrogens with zero attached hydrogens (tertiary/aromatic N) is 3. The van der Waals surface area contributed by atoms with Crippen molar-refractivity contribution in [2.24, 2.45) is 10.3 Å². The number of anilines is 1. The molecule has 1 amide bonds. The van der Waals surface area contributed by atoms with Gasteiger partial charge in [-0.2, -0.15) is 5.10 Å². The molecule has 1 aromatic heterocycles. The van der Waals surface area contributed by atoms with Gasteiger partial charge in [-0.1, -0.05) is 29.8 Å². The smallest absolute Gasteiger partial charge is 0.240 e. The highest BCUT2D eigenvalue weighted by Gasteiger charge is 2.18. The van der Waals surface area contributed by atoms with Crippen LogP contribution < -0.4 is 10.5 Å². The zero-order valence-electron chi connectivity index (χ0n) is 14.2. The summed E-state index contributed by atoms with van der Waals surface area (Å²) in [6.45, 7) is 0. The van der Waals surface area contributed by atoms with E-state index in [-0.39, 0.29) is 28.4 Å². The van der Waals surface area contributed by atoms with Crippen molar-refractivity contribution in [3.05, 3.63) is 70.4 Å². The monoisotopic (exact) mass is 419 g/mol. The van der Waals surface area contributed by atoms with E-state index in [1.165, 1.54) is 41.3 Å². The molecule has 0 aliphatic carbocycles. The topological polar surface area (TPSA) is 137 Å². The van der Waals surface area contributed by atoms with E-state index < -0.39 is 15.9 Å². The molecule has 0 saturated heterocycles. The van der Waals surface area contributed by atoms with Gasteiger partial charge in [-0.05, 0) is 35.0 Å². The molecule has 0 unspecified atom stereocenters. The lowest BCUT2D eigenvalue weighted by molar-refractivity contribution is -0.115. The van der Waals surface area contributed by atoms with Gasteiger partial charge in [0, 0.05) is 11.9 Å². The average Bonchev–Trinajstić information content (AvgIpc) is 3.07. The van der Waals surface area contributed by atoms with Crippen LogP contribution in [-0.2, 0) is 21.2 Å². The molecule has 0 aliphatic rings. The third-order valence-corrected chi connectivity index (χ3v) is 4.92. The fourth-order valence-electron chi connectivity index (χ4n) is 2.57. The van der Waals surface area contributed by atoms with E-state index in [0.717, 1.165) is 0 Å². The summed E-state index contributed by atoms with van der Waals surface area (Å²) in [5, 5.41) is 15.0. The third kappa shape index (κ3) is 4.42. The van der Waals surface area contributed by atoms with E-state index in [1.807, 2.05) is 0 Å². The van der Waals surface area contributed by atoms with E-state index in [9.17, 15) is 18.1 Å². The third-order valence-electron chi connectivity index (χ3n) is 3.79. The van der Waals surface area contributed by atoms with Gasteiger partial charge >= 0.3 is 0 Å². The average molecular weight is 420 g/mol. The lowest BCUT2D eigenvalue weighted by Gasteiger charge is -2.11. The number of hydrogen-bond acceptors (Lipinski definition) is 6. The summed E-state index contributed by atoms with van der Waals surface area (Å²) < 4.78 is 25.2. The highest BCUT2D eigenvalue weighted by molar-refractivity contribution is 7.89. The molecule has 0 aliphatic heterocycles. The van der Waals surface area contributed by atoms with Crippen LogP contribution in [0.1, 0.15) is 5.56 Å². The molecule has 0 fully saturated rings. The van der Waals surface area contributed by atoms with E-state index in [1.54, 1.807) is 18.2 Å². The quantitative estimate of drug-likeness (QED) is 0.592. The fourth-order valence-corrected chi connectivity index (χ4v) is 3.45. The highest BCUT2D eigenvalue weighted by atomic mass is 35.5. The first-order valence-corrected chi connectivity index (χ1v) is 9.79. The van der Waals surface area contributed by atoms with Crippen LogP contribution in [0.15, 0.2) is 64.9 Å². The number of aromatic nitrogens is 2. The molecule has 11 heteroatoms. The van der Waals surface area contributed by atoms with Crippen molar-refractivity contribution < 1.29 is 13.2 Å². The van der Waals surface area contributed by atoms with Crippen LogP contribution in [0.3, 0.4) is 0 Å². The minimum absolute atomic E-state index is 0.108. The first-order chi connectivity index (χ1) is 13.3. The van der Waals surface area contributed by atoms with Gasteiger partial charge in [-0.25, -0.2) is 18.2 Å². The van der Waals surface area contributed by atoms with Gasteiger partial charge in [0.05, 0.1) is 23.3 Å². The Morgan fingerprint density at radius 1 is 1.25 bits per heavy atom. The minimum Gasteiger partial charge on any atom is -0.326 e. The lowest BCUT2D eigenvalue weighted by Crippen LogP contribution is -2.18. The van der Waals surface area contributed by atoms with Crippen LogP contribution in [0.25, 0.3) is 5.69 Å². The lowest BCUT2D eigenvalue weighted by atomic mass is 10.1. The zero-order valence-corrected chi connectivity index (χ0v) is 15.8. The first kappa shape index (κ1) is 19.7. The van der Waals surface area contributed by atoms with Gasteiger partial charge in [-0.3, -0.25) is 4.79 Å². The molecule has 3 N–H and O–H groups in total. The molecule has 1 heterocycles. The Balaban J connectivity index is 1.89. The zero-order chi connectivity index (χ0) is 20.3. The summed E-state index contributed by atoms with van der Waals surface area (Å²) in [4.78, 5) is 22.9. The Morgan fingerprint density at radius 3 is 2.64 bits per heavy atom. The summed E-state index contributed by atoms with van der Waals surface area (Å²) in [6.07, 6.45) is 2.67. The molecule has 3 aromatic rings. The number of nitroso groups, excluding NO2 is 1. The van der Waals surface area contributed by atoms with Gasteiger partial charge in [0.1, 0.15) is 10.6 Å². The van der Waals surface area contributed by atoms with Gasteiger partial charge < -0.3 is 5.32 Å². The number of nitrogens with two attached hydrogens (primary N) is 1. The van der Waals surface area contributed by atoms with Crippen LogP contribution in [-0.4, -0.2) is 24.1 Å². The van der Waals surface area contributed by atoms with Gasteiger partial charge in [0.2, 0.25) is 15.9 Å². The van der Waals surface area contributed by atoms with E-state index in [0.29, 0.717) is 10.6 Å². The fraction of sp³-hybridized carbons (Fsp3) is 0.0588. The second-order valence-electron chi connectivity index (χ2n) is 5.78. The van der Waals surface area contributed by atoms with Crippen LogP contribution >= 0.6 is 11.6 Å². The number of benzene rings is 2. The second kappa shape index (κ2) is 7.89. The van der Waals surface area contributed by atoms with Crippen molar-refractivity contribution in [2.45, 2.75) is 11.3 Å². The molecule has 28 heavy (non-hydrogen) atoms. The molecule has 3 rings (SSSR count). The maximum atomic E-state index is 12.3. The van der Waals surface area contributed by atoms with Gasteiger partial charge in [0.15, 0.2) is 0 Å². The van der Waals surface area contributed by atoms with Crippen LogP contribution in [0.2, 0.25) is 5.02 Å². The number of carbonyl (C=O) groups excluding carboxylic acids is 1. The summed E-state index contributed by atoms with van der Waals surface area (Å²) in [7, 11) is -4.11. The van der Waals surface area contributed by atoms with Crippen molar-refractivity contribution in [3.8, 4) is 5.69 Å². The van der Waals surface area contributed by atoms with Crippen molar-refractivity contribution in [2.75, 3.05) is 5.32 Å². The molecule has 144 valence electrons. The Morgan fingerprint density at radius 2 is 2.00 bits per heavy atom. The van der Waals surface area contributed by atoms with E-state index in [4.69, 9.17) is 16.7 Å². The van der Waals surface area contributed by atoms with Crippen molar-refractivity contribution in [1.29, 1.82) is 0 Å². The highest BCUT2D eigenvalue weighted by Crippen LogP contribution is 2.25. The molecule has 0 spiro atoms. The minimum atomic E-state index is -4.11. The Kier molecular flexibility index (Phi) is 5.54. The number of rotatable bonds is 6. The molecular weight excluding hydrogens is 406 g/mol. The van der Waals surface area contributed by atoms with Gasteiger partial charge in [-0.15, -0.1) is 4.91 Å². The maximum Gasteiger partial charge on any atom is 0.240 e. The van der Waals surface area contributed by atoms with Crippen LogP contribution in [0.4, 0.5) is 11.4 Å². The molecule has 0 radical (unpaired) electrons. The van der Waals surface area contributed by atoms with Gasteiger partial charge in [0.25, 0.3) is 0 Å². The van der Waals surface area contributed by atoms with E-state index >= 15 is 0 Å². The SMILES string of the molecule is NS(=O)(=O)c1cc(NC(=O)Cc2ccccc2N=O)ccc1-n1cc(Cl)cn1. The predicted molar refractivity (Wildman–Crippen MR) is 104 cm³/mol. The Hall–Kier alpha value is -3.08. The summed E-state index contributed by atoms with van der Waals surface area (Å²) >= 11 is 5.83. The molecule has 0 saturated carbocycles. The molecule has 0 bridgehead atoms. The standard InChI is InChI=1S/C17H14ClN5O4S/c18-12-9-20-23(10-12)15-6-5-13(8-16(15)28(19,26)27)21-17(24)7-11-3-1-2-4-14(11)22-25/h1-6,8-10H,7H2,(H,21,24)(H2,19,26,27). The van der Waals surface area contributed by atoms with Crippen LogP contribution in [0, 0.1) is 4.91 Å². The molecular formula is C17H14ClN5O4S. The number of halogens is 1. The number of carbonyl (C=O) groups is 1. The first-order valence-electron chi connectivity index (χ1n) is 7.86. The second-order valence-corrected chi connectivity index (χ2v) is 7.74.